The lowest BCUT2D eigenvalue weighted by atomic mass is 10.0. The Kier molecular flexibility index (Phi) is 50.0. The highest BCUT2D eigenvalue weighted by Gasteiger charge is 2.22. The molecule has 0 aliphatic rings. The lowest BCUT2D eigenvalue weighted by molar-refractivity contribution is -0.131. The fourth-order valence-corrected chi connectivity index (χ4v) is 8.84. The van der Waals surface area contributed by atoms with Crippen LogP contribution in [0.1, 0.15) is 309 Å². The van der Waals surface area contributed by atoms with Crippen molar-refractivity contribution >= 4 is 5.91 Å². The SMILES string of the molecule is CCCCCCCCCCCCCCCCCCCCCCCC/C=C/C(O)C(CO)NC(=O)C(O)CCCCCCCCCCCCCCCCCCCCCCCC. The zero-order valence-corrected chi connectivity index (χ0v) is 40.9. The van der Waals surface area contributed by atoms with Gasteiger partial charge in [0, 0.05) is 0 Å². The van der Waals surface area contributed by atoms with E-state index in [1.165, 1.54) is 257 Å². The number of allylic oxidation sites excluding steroid dienone is 1. The van der Waals surface area contributed by atoms with E-state index in [1.54, 1.807) is 6.08 Å². The van der Waals surface area contributed by atoms with Gasteiger partial charge in [0.2, 0.25) is 5.91 Å². The van der Waals surface area contributed by atoms with Crippen molar-refractivity contribution in [2.75, 3.05) is 6.61 Å². The van der Waals surface area contributed by atoms with Gasteiger partial charge in [-0.05, 0) is 19.3 Å². The molecule has 4 N–H and O–H groups in total. The van der Waals surface area contributed by atoms with Crippen molar-refractivity contribution in [3.05, 3.63) is 12.2 Å². The van der Waals surface area contributed by atoms with Crippen molar-refractivity contribution in [1.29, 1.82) is 0 Å². The van der Waals surface area contributed by atoms with Gasteiger partial charge in [0.1, 0.15) is 6.10 Å². The number of carbonyl (C=O) groups is 1. The smallest absolute Gasteiger partial charge is 0.249 e. The van der Waals surface area contributed by atoms with Crippen LogP contribution in [0.15, 0.2) is 12.2 Å². The quantitative estimate of drug-likeness (QED) is 0.0363. The predicted molar refractivity (Wildman–Crippen MR) is 264 cm³/mol. The van der Waals surface area contributed by atoms with E-state index < -0.39 is 24.2 Å². The van der Waals surface area contributed by atoms with E-state index in [2.05, 4.69) is 19.2 Å². The molecule has 0 aromatic carbocycles. The number of aliphatic hydroxyl groups is 3. The number of nitrogens with one attached hydrogen (secondary N) is 1. The highest BCUT2D eigenvalue weighted by Crippen LogP contribution is 2.18. The molecule has 5 heteroatoms. The molecular formula is C55H109NO4. The molecule has 3 unspecified atom stereocenters. The Hall–Kier alpha value is -0.910. The highest BCUT2D eigenvalue weighted by molar-refractivity contribution is 5.80. The average Bonchev–Trinajstić information content (AvgIpc) is 3.25. The van der Waals surface area contributed by atoms with Gasteiger partial charge in [0.25, 0.3) is 0 Å². The molecule has 0 radical (unpaired) electrons. The Morgan fingerprint density at radius 3 is 0.917 bits per heavy atom. The number of rotatable bonds is 51. The van der Waals surface area contributed by atoms with Gasteiger partial charge >= 0.3 is 0 Å². The highest BCUT2D eigenvalue weighted by atomic mass is 16.3. The van der Waals surface area contributed by atoms with E-state index in [0.29, 0.717) is 6.42 Å². The van der Waals surface area contributed by atoms with E-state index in [-0.39, 0.29) is 6.61 Å². The molecule has 1 amide bonds. The van der Waals surface area contributed by atoms with Crippen molar-refractivity contribution in [2.45, 2.75) is 327 Å². The second-order valence-corrected chi connectivity index (χ2v) is 19.2. The largest absolute Gasteiger partial charge is 0.394 e. The minimum Gasteiger partial charge on any atom is -0.394 e. The van der Waals surface area contributed by atoms with Crippen LogP contribution in [0.2, 0.25) is 0 Å². The molecule has 0 rings (SSSR count). The molecule has 3 atom stereocenters. The predicted octanol–water partition coefficient (Wildman–Crippen LogP) is 16.7. The van der Waals surface area contributed by atoms with Gasteiger partial charge in [0.05, 0.1) is 18.8 Å². The molecule has 0 aliphatic carbocycles. The molecule has 0 saturated carbocycles. The topological polar surface area (TPSA) is 89.8 Å². The Labute approximate surface area is 376 Å². The first kappa shape index (κ1) is 59.1. The monoisotopic (exact) mass is 848 g/mol. The number of unbranched alkanes of at least 4 members (excludes halogenated alkanes) is 43. The molecule has 358 valence electrons. The fraction of sp³-hybridized carbons (Fsp3) is 0.945. The van der Waals surface area contributed by atoms with Crippen molar-refractivity contribution < 1.29 is 20.1 Å². The van der Waals surface area contributed by atoms with Crippen LogP contribution in [0, 0.1) is 0 Å². The van der Waals surface area contributed by atoms with Gasteiger partial charge < -0.3 is 20.6 Å². The summed E-state index contributed by atoms with van der Waals surface area (Å²) in [7, 11) is 0. The zero-order chi connectivity index (χ0) is 43.7. The molecule has 0 saturated heterocycles. The van der Waals surface area contributed by atoms with E-state index >= 15 is 0 Å². The molecular weight excluding hydrogens is 739 g/mol. The van der Waals surface area contributed by atoms with E-state index in [4.69, 9.17) is 0 Å². The summed E-state index contributed by atoms with van der Waals surface area (Å²) in [6.45, 7) is 4.22. The van der Waals surface area contributed by atoms with E-state index in [9.17, 15) is 20.1 Å². The summed E-state index contributed by atoms with van der Waals surface area (Å²) in [4.78, 5) is 12.5. The summed E-state index contributed by atoms with van der Waals surface area (Å²) in [6, 6.07) is -0.794. The summed E-state index contributed by atoms with van der Waals surface area (Å²) < 4.78 is 0. The van der Waals surface area contributed by atoms with Crippen molar-refractivity contribution in [3.63, 3.8) is 0 Å². The number of hydrogen-bond donors (Lipinski definition) is 4. The number of amides is 1. The first-order valence-corrected chi connectivity index (χ1v) is 27.5. The molecule has 5 nitrogen and oxygen atoms in total. The van der Waals surface area contributed by atoms with Crippen molar-refractivity contribution in [1.82, 2.24) is 5.32 Å². The summed E-state index contributed by atoms with van der Waals surface area (Å²) in [5, 5.41) is 33.4. The number of carbonyl (C=O) groups excluding carboxylic acids is 1. The van der Waals surface area contributed by atoms with Crippen molar-refractivity contribution in [3.8, 4) is 0 Å². The Morgan fingerprint density at radius 2 is 0.650 bits per heavy atom. The minimum atomic E-state index is -1.09. The molecule has 0 bridgehead atoms. The third kappa shape index (κ3) is 45.1. The van der Waals surface area contributed by atoms with Gasteiger partial charge in [-0.1, -0.05) is 302 Å². The zero-order valence-electron chi connectivity index (χ0n) is 40.9. The van der Waals surface area contributed by atoms with E-state index in [0.717, 1.165) is 32.1 Å². The average molecular weight is 848 g/mol. The number of aliphatic hydroxyl groups excluding tert-OH is 3. The fourth-order valence-electron chi connectivity index (χ4n) is 8.84. The summed E-state index contributed by atoms with van der Waals surface area (Å²) >= 11 is 0. The van der Waals surface area contributed by atoms with Gasteiger partial charge in [-0.3, -0.25) is 4.79 Å². The molecule has 0 fully saturated rings. The van der Waals surface area contributed by atoms with Crippen LogP contribution in [0.5, 0.6) is 0 Å². The lowest BCUT2D eigenvalue weighted by Crippen LogP contribution is -2.48. The molecule has 0 aromatic heterocycles. The first-order valence-electron chi connectivity index (χ1n) is 27.5. The number of hydrogen-bond acceptors (Lipinski definition) is 4. The first-order chi connectivity index (χ1) is 29.6. The Bertz CT molecular complexity index is 848. The van der Waals surface area contributed by atoms with Crippen LogP contribution in [0.25, 0.3) is 0 Å². The van der Waals surface area contributed by atoms with Gasteiger partial charge in [-0.2, -0.15) is 0 Å². The maximum absolute atomic E-state index is 12.5. The minimum absolute atomic E-state index is 0.358. The van der Waals surface area contributed by atoms with Gasteiger partial charge in [0.15, 0.2) is 0 Å². The van der Waals surface area contributed by atoms with Crippen LogP contribution < -0.4 is 5.32 Å². The van der Waals surface area contributed by atoms with Crippen LogP contribution >= 0.6 is 0 Å². The third-order valence-electron chi connectivity index (χ3n) is 13.1. The second kappa shape index (κ2) is 50.7. The van der Waals surface area contributed by atoms with Crippen LogP contribution in [-0.2, 0) is 4.79 Å². The molecule has 0 spiro atoms. The van der Waals surface area contributed by atoms with Crippen molar-refractivity contribution in [2.24, 2.45) is 0 Å². The normalized spacial score (nSPS) is 13.3. The Balaban J connectivity index is 3.55. The second-order valence-electron chi connectivity index (χ2n) is 19.2. The third-order valence-corrected chi connectivity index (χ3v) is 13.1. The van der Waals surface area contributed by atoms with E-state index in [1.807, 2.05) is 6.08 Å². The molecule has 0 heterocycles. The van der Waals surface area contributed by atoms with Gasteiger partial charge in [-0.15, -0.1) is 0 Å². The summed E-state index contributed by atoms with van der Waals surface area (Å²) in [5.74, 6) is -0.496. The van der Waals surface area contributed by atoms with Crippen LogP contribution in [0.4, 0.5) is 0 Å². The Morgan fingerprint density at radius 1 is 0.400 bits per heavy atom. The molecule has 0 aromatic rings. The molecule has 60 heavy (non-hydrogen) atoms. The van der Waals surface area contributed by atoms with Crippen LogP contribution in [-0.4, -0.2) is 46.1 Å². The van der Waals surface area contributed by atoms with Gasteiger partial charge in [-0.25, -0.2) is 0 Å². The summed E-state index contributed by atoms with van der Waals surface area (Å²) in [6.07, 6.45) is 62.8. The summed E-state index contributed by atoms with van der Waals surface area (Å²) in [5.41, 5.74) is 0. The standard InChI is InChI=1S/C55H109NO4/c1-3-5-7-9-11-13-15-17-19-21-23-25-27-28-30-31-33-35-37-39-41-43-45-47-49-53(58)52(51-57)56-55(60)54(59)50-48-46-44-42-40-38-36-34-32-29-26-24-22-20-18-16-14-12-10-8-6-4-2/h47,49,52-54,57-59H,3-46,48,50-51H2,1-2H3,(H,56,60)/b49-47+. The maximum atomic E-state index is 12.5. The lowest BCUT2D eigenvalue weighted by Gasteiger charge is -2.21. The maximum Gasteiger partial charge on any atom is 0.249 e. The molecule has 0 aliphatic heterocycles. The van der Waals surface area contributed by atoms with Crippen LogP contribution in [0.3, 0.4) is 0 Å².